The Labute approximate surface area is 153 Å². The molecule has 0 N–H and O–H groups in total. The van der Waals surface area contributed by atoms with Crippen molar-refractivity contribution in [2.24, 2.45) is 0 Å². The molecule has 0 bridgehead atoms. The van der Waals surface area contributed by atoms with Gasteiger partial charge in [0.2, 0.25) is 0 Å². The maximum Gasteiger partial charge on any atom is 0.0605 e. The lowest BCUT2D eigenvalue weighted by Crippen LogP contribution is -2.47. The number of aryl methyl sites for hydroxylation is 1. The fourth-order valence-electron chi connectivity index (χ4n) is 3.49. The zero-order chi connectivity index (χ0) is 14.9. The second kappa shape index (κ2) is 7.65. The standard InChI is InChI=1S/C19H23NSi.2ClH/c1-21(2,3)19(14-12-17-9-6-7-15-20-17)13-11-16-8-4-5-10-18(16)19;;/h4-11,13,15H,12,14H2,1-3H3;2*1H. The number of pyridine rings is 1. The number of hydrogen-bond donors (Lipinski definition) is 0. The largest absolute Gasteiger partial charge is 0.261 e. The molecule has 1 aliphatic rings. The summed E-state index contributed by atoms with van der Waals surface area (Å²) in [7, 11) is -1.39. The fourth-order valence-corrected chi connectivity index (χ4v) is 5.98. The van der Waals surface area contributed by atoms with Crippen molar-refractivity contribution in [3.63, 3.8) is 0 Å². The van der Waals surface area contributed by atoms with Crippen LogP contribution in [0.5, 0.6) is 0 Å². The molecule has 0 spiro atoms. The smallest absolute Gasteiger partial charge is 0.0605 e. The molecule has 124 valence electrons. The van der Waals surface area contributed by atoms with Crippen molar-refractivity contribution in [1.82, 2.24) is 4.98 Å². The van der Waals surface area contributed by atoms with Crippen LogP contribution < -0.4 is 0 Å². The third-order valence-electron chi connectivity index (χ3n) is 4.83. The molecule has 3 rings (SSSR count). The summed E-state index contributed by atoms with van der Waals surface area (Å²) in [5.74, 6) is 0. The average molecular weight is 366 g/mol. The van der Waals surface area contributed by atoms with E-state index >= 15 is 0 Å². The van der Waals surface area contributed by atoms with E-state index in [1.807, 2.05) is 12.3 Å². The fraction of sp³-hybridized carbons (Fsp3) is 0.316. The molecule has 23 heavy (non-hydrogen) atoms. The molecule has 2 aromatic rings. The second-order valence-corrected chi connectivity index (χ2v) is 12.4. The SMILES string of the molecule is C[Si](C)(C)C1(CCc2ccccn2)C=Cc2ccccc21.Cl.Cl. The molecule has 1 unspecified atom stereocenters. The molecule has 0 amide bonds. The molecular weight excluding hydrogens is 341 g/mol. The van der Waals surface area contributed by atoms with Crippen LogP contribution in [-0.4, -0.2) is 13.1 Å². The lowest BCUT2D eigenvalue weighted by Gasteiger charge is -2.40. The van der Waals surface area contributed by atoms with Crippen molar-refractivity contribution >= 4 is 39.0 Å². The highest BCUT2D eigenvalue weighted by Crippen LogP contribution is 2.45. The van der Waals surface area contributed by atoms with Gasteiger partial charge in [-0.05, 0) is 36.1 Å². The number of allylic oxidation sites excluding steroid dienone is 1. The lowest BCUT2D eigenvalue weighted by molar-refractivity contribution is 0.640. The average Bonchev–Trinajstić information content (AvgIpc) is 2.86. The minimum absolute atomic E-state index is 0. The third kappa shape index (κ3) is 3.71. The first-order valence-electron chi connectivity index (χ1n) is 7.72. The first-order valence-corrected chi connectivity index (χ1v) is 11.2. The molecular formula is C19H25Cl2NSi. The summed E-state index contributed by atoms with van der Waals surface area (Å²) in [6.07, 6.45) is 8.91. The molecule has 1 aliphatic carbocycles. The van der Waals surface area contributed by atoms with Crippen LogP contribution in [0.2, 0.25) is 19.6 Å². The number of fused-ring (bicyclic) bond motifs is 1. The van der Waals surface area contributed by atoms with Crippen LogP contribution in [0.4, 0.5) is 0 Å². The minimum Gasteiger partial charge on any atom is -0.261 e. The molecule has 0 aliphatic heterocycles. The van der Waals surface area contributed by atoms with Gasteiger partial charge in [-0.15, -0.1) is 24.8 Å². The Balaban J connectivity index is 0.00000132. The predicted molar refractivity (Wildman–Crippen MR) is 108 cm³/mol. The van der Waals surface area contributed by atoms with E-state index in [4.69, 9.17) is 0 Å². The normalized spacial score (nSPS) is 18.7. The third-order valence-corrected chi connectivity index (χ3v) is 8.19. The van der Waals surface area contributed by atoms with E-state index in [2.05, 4.69) is 73.2 Å². The summed E-state index contributed by atoms with van der Waals surface area (Å²) in [4.78, 5) is 4.50. The summed E-state index contributed by atoms with van der Waals surface area (Å²) in [5.41, 5.74) is 4.13. The van der Waals surface area contributed by atoms with Crippen molar-refractivity contribution in [3.05, 3.63) is 71.6 Å². The van der Waals surface area contributed by atoms with E-state index in [9.17, 15) is 0 Å². The van der Waals surface area contributed by atoms with Gasteiger partial charge in [0.25, 0.3) is 0 Å². The van der Waals surface area contributed by atoms with Gasteiger partial charge in [0.1, 0.15) is 0 Å². The second-order valence-electron chi connectivity index (χ2n) is 6.96. The Bertz CT molecular complexity index is 665. The molecule has 0 saturated carbocycles. The summed E-state index contributed by atoms with van der Waals surface area (Å²) in [5, 5.41) is 0.237. The van der Waals surface area contributed by atoms with Gasteiger partial charge in [0.05, 0.1) is 8.07 Å². The van der Waals surface area contributed by atoms with Crippen molar-refractivity contribution < 1.29 is 0 Å². The topological polar surface area (TPSA) is 12.9 Å². The molecule has 0 saturated heterocycles. The molecule has 0 fully saturated rings. The number of hydrogen-bond acceptors (Lipinski definition) is 1. The number of nitrogens with zero attached hydrogens (tertiary/aromatic N) is 1. The van der Waals surface area contributed by atoms with Crippen LogP contribution in [0.25, 0.3) is 6.08 Å². The number of aromatic nitrogens is 1. The first kappa shape index (κ1) is 20.0. The van der Waals surface area contributed by atoms with Gasteiger partial charge in [-0.25, -0.2) is 0 Å². The van der Waals surface area contributed by atoms with Crippen LogP contribution in [0.15, 0.2) is 54.7 Å². The highest BCUT2D eigenvalue weighted by Gasteiger charge is 2.45. The van der Waals surface area contributed by atoms with Gasteiger partial charge >= 0.3 is 0 Å². The minimum atomic E-state index is -1.39. The van der Waals surface area contributed by atoms with Gasteiger partial charge in [0.15, 0.2) is 0 Å². The van der Waals surface area contributed by atoms with E-state index in [-0.39, 0.29) is 29.9 Å². The molecule has 1 aromatic heterocycles. The molecule has 0 radical (unpaired) electrons. The van der Waals surface area contributed by atoms with Crippen molar-refractivity contribution in [2.45, 2.75) is 37.5 Å². The predicted octanol–water partition coefficient (Wildman–Crippen LogP) is 5.70. The Kier molecular flexibility index (Phi) is 6.64. The quantitative estimate of drug-likeness (QED) is 0.633. The Morgan fingerprint density at radius 2 is 1.65 bits per heavy atom. The zero-order valence-corrected chi connectivity index (χ0v) is 16.6. The molecule has 1 aromatic carbocycles. The van der Waals surface area contributed by atoms with Crippen LogP contribution in [0.1, 0.15) is 23.2 Å². The van der Waals surface area contributed by atoms with Crippen LogP contribution in [-0.2, 0) is 11.5 Å². The van der Waals surface area contributed by atoms with E-state index < -0.39 is 8.07 Å². The van der Waals surface area contributed by atoms with E-state index in [0.717, 1.165) is 12.8 Å². The monoisotopic (exact) mass is 365 g/mol. The molecule has 1 atom stereocenters. The van der Waals surface area contributed by atoms with Gasteiger partial charge < -0.3 is 0 Å². The maximum absolute atomic E-state index is 4.50. The number of rotatable bonds is 4. The lowest BCUT2D eigenvalue weighted by atomic mass is 9.93. The molecule has 1 heterocycles. The highest BCUT2D eigenvalue weighted by atomic mass is 35.5. The Morgan fingerprint density at radius 3 is 2.30 bits per heavy atom. The van der Waals surface area contributed by atoms with Crippen LogP contribution >= 0.6 is 24.8 Å². The maximum atomic E-state index is 4.50. The summed E-state index contributed by atoms with van der Waals surface area (Å²) in [6.45, 7) is 7.45. The van der Waals surface area contributed by atoms with Crippen LogP contribution in [0, 0.1) is 0 Å². The van der Waals surface area contributed by atoms with Gasteiger partial charge in [-0.1, -0.05) is 62.1 Å². The van der Waals surface area contributed by atoms with E-state index in [0.29, 0.717) is 0 Å². The zero-order valence-electron chi connectivity index (χ0n) is 14.0. The first-order chi connectivity index (χ1) is 10.0. The molecule has 1 nitrogen and oxygen atoms in total. The number of halogens is 2. The van der Waals surface area contributed by atoms with E-state index in [1.54, 1.807) is 0 Å². The van der Waals surface area contributed by atoms with Gasteiger partial charge in [-0.2, -0.15) is 0 Å². The summed E-state index contributed by atoms with van der Waals surface area (Å²) >= 11 is 0. The van der Waals surface area contributed by atoms with Crippen molar-refractivity contribution in [2.75, 3.05) is 0 Å². The summed E-state index contributed by atoms with van der Waals surface area (Å²) < 4.78 is 0. The van der Waals surface area contributed by atoms with E-state index in [1.165, 1.54) is 16.8 Å². The molecule has 4 heteroatoms. The number of benzene rings is 1. The summed E-state index contributed by atoms with van der Waals surface area (Å²) in [6, 6.07) is 15.1. The van der Waals surface area contributed by atoms with Gasteiger partial charge in [-0.3, -0.25) is 4.98 Å². The van der Waals surface area contributed by atoms with Crippen molar-refractivity contribution in [1.29, 1.82) is 0 Å². The Hall–Kier alpha value is -1.09. The highest BCUT2D eigenvalue weighted by molar-refractivity contribution is 6.79. The Morgan fingerprint density at radius 1 is 0.957 bits per heavy atom. The van der Waals surface area contributed by atoms with Gasteiger partial charge in [0, 0.05) is 16.9 Å². The van der Waals surface area contributed by atoms with Crippen LogP contribution in [0.3, 0.4) is 0 Å². The van der Waals surface area contributed by atoms with Crippen molar-refractivity contribution in [3.8, 4) is 0 Å².